The molecule has 0 fully saturated rings. The van der Waals surface area contributed by atoms with E-state index in [1.807, 2.05) is 62.4 Å². The van der Waals surface area contributed by atoms with Crippen LogP contribution in [0.3, 0.4) is 0 Å². The fourth-order valence-corrected chi connectivity index (χ4v) is 5.23. The van der Waals surface area contributed by atoms with Crippen molar-refractivity contribution in [3.05, 3.63) is 89.0 Å². The molecular formula is C31H30N4O5. The van der Waals surface area contributed by atoms with Gasteiger partial charge in [-0.15, -0.1) is 0 Å². The van der Waals surface area contributed by atoms with E-state index < -0.39 is 5.97 Å². The molecule has 3 aromatic rings. The van der Waals surface area contributed by atoms with Gasteiger partial charge < -0.3 is 25.5 Å². The normalized spacial score (nSPS) is 14.8. The van der Waals surface area contributed by atoms with E-state index in [0.717, 1.165) is 22.5 Å². The standard InChI is InChI=1S/C31H30N4O5/c1-3-34(4-2)26(36)18-27(37)35-15-14-20-16-22(11-13-25(20)35)32-29(19-8-6-5-7-9-19)28-23-12-10-21(31(39)40)17-24(23)33-30(28)38/h5-13,16-17,32H,3-4,14-15,18H2,1-2H3,(H,33,38)(H,39,40)/b29-28-. The number of carbonyl (C=O) groups is 4. The minimum atomic E-state index is -1.07. The van der Waals surface area contributed by atoms with Crippen LogP contribution >= 0.6 is 0 Å². The average molecular weight is 539 g/mol. The van der Waals surface area contributed by atoms with Crippen molar-refractivity contribution in [2.45, 2.75) is 26.7 Å². The van der Waals surface area contributed by atoms with Gasteiger partial charge in [-0.3, -0.25) is 14.4 Å². The second kappa shape index (κ2) is 11.1. The number of anilines is 3. The van der Waals surface area contributed by atoms with Crippen molar-refractivity contribution in [3.8, 4) is 0 Å². The van der Waals surface area contributed by atoms with Gasteiger partial charge in [-0.1, -0.05) is 36.4 Å². The van der Waals surface area contributed by atoms with Gasteiger partial charge in [0.2, 0.25) is 11.8 Å². The molecule has 3 amide bonds. The van der Waals surface area contributed by atoms with Crippen LogP contribution < -0.4 is 15.5 Å². The lowest BCUT2D eigenvalue weighted by atomic mass is 9.99. The Bertz CT molecular complexity index is 1540. The van der Waals surface area contributed by atoms with Crippen LogP contribution in [0.5, 0.6) is 0 Å². The van der Waals surface area contributed by atoms with Crippen molar-refractivity contribution in [2.24, 2.45) is 0 Å². The quantitative estimate of drug-likeness (QED) is 0.288. The third-order valence-corrected chi connectivity index (χ3v) is 7.29. The predicted octanol–water partition coefficient (Wildman–Crippen LogP) is 4.46. The molecule has 40 heavy (non-hydrogen) atoms. The molecule has 2 heterocycles. The molecule has 9 heteroatoms. The number of hydrogen-bond donors (Lipinski definition) is 3. The van der Waals surface area contributed by atoms with Gasteiger partial charge in [0.25, 0.3) is 5.91 Å². The Kier molecular flexibility index (Phi) is 7.37. The molecule has 5 rings (SSSR count). The number of carbonyl (C=O) groups excluding carboxylic acids is 3. The van der Waals surface area contributed by atoms with Gasteiger partial charge in [0, 0.05) is 36.6 Å². The number of benzene rings is 3. The molecule has 3 N–H and O–H groups in total. The Morgan fingerprint density at radius 1 is 0.975 bits per heavy atom. The fourth-order valence-electron chi connectivity index (χ4n) is 5.23. The van der Waals surface area contributed by atoms with Crippen molar-refractivity contribution in [2.75, 3.05) is 35.2 Å². The molecule has 2 aliphatic rings. The van der Waals surface area contributed by atoms with Crippen LogP contribution in [0, 0.1) is 0 Å². The van der Waals surface area contributed by atoms with Gasteiger partial charge in [0.1, 0.15) is 6.42 Å². The van der Waals surface area contributed by atoms with Crippen molar-refractivity contribution in [3.63, 3.8) is 0 Å². The van der Waals surface area contributed by atoms with Crippen LogP contribution in [-0.4, -0.2) is 53.3 Å². The number of rotatable bonds is 8. The Hall–Kier alpha value is -4.92. The van der Waals surface area contributed by atoms with Gasteiger partial charge in [-0.25, -0.2) is 4.79 Å². The summed E-state index contributed by atoms with van der Waals surface area (Å²) in [6.07, 6.45) is 0.484. The summed E-state index contributed by atoms with van der Waals surface area (Å²) in [6.45, 7) is 5.42. The van der Waals surface area contributed by atoms with Crippen LogP contribution in [0.4, 0.5) is 17.1 Å². The second-order valence-electron chi connectivity index (χ2n) is 9.64. The first kappa shape index (κ1) is 26.7. The molecule has 0 radical (unpaired) electrons. The van der Waals surface area contributed by atoms with E-state index in [2.05, 4.69) is 10.6 Å². The third kappa shape index (κ3) is 5.05. The first-order chi connectivity index (χ1) is 19.3. The molecule has 0 aliphatic carbocycles. The summed E-state index contributed by atoms with van der Waals surface area (Å²) in [5.41, 5.74) is 5.40. The smallest absolute Gasteiger partial charge is 0.335 e. The number of aromatic carboxylic acids is 1. The first-order valence-electron chi connectivity index (χ1n) is 13.3. The monoisotopic (exact) mass is 538 g/mol. The molecule has 0 saturated heterocycles. The summed E-state index contributed by atoms with van der Waals surface area (Å²) in [6, 6.07) is 19.7. The zero-order valence-corrected chi connectivity index (χ0v) is 22.4. The van der Waals surface area contributed by atoms with E-state index in [1.54, 1.807) is 15.9 Å². The highest BCUT2D eigenvalue weighted by atomic mass is 16.4. The lowest BCUT2D eigenvalue weighted by Crippen LogP contribution is -2.37. The van der Waals surface area contributed by atoms with Crippen LogP contribution in [0.1, 0.15) is 47.3 Å². The molecule has 2 aliphatic heterocycles. The summed E-state index contributed by atoms with van der Waals surface area (Å²) in [7, 11) is 0. The van der Waals surface area contributed by atoms with Gasteiger partial charge in [0.05, 0.1) is 22.5 Å². The summed E-state index contributed by atoms with van der Waals surface area (Å²) in [5, 5.41) is 15.6. The van der Waals surface area contributed by atoms with Gasteiger partial charge in [-0.05, 0) is 61.7 Å². The lowest BCUT2D eigenvalue weighted by molar-refractivity contribution is -0.135. The maximum absolute atomic E-state index is 13.2. The fraction of sp³-hybridized carbons (Fsp3) is 0.226. The molecule has 0 spiro atoms. The Morgan fingerprint density at radius 3 is 2.42 bits per heavy atom. The zero-order valence-electron chi connectivity index (χ0n) is 22.4. The molecule has 0 aromatic heterocycles. The largest absolute Gasteiger partial charge is 0.478 e. The molecule has 0 atom stereocenters. The first-order valence-corrected chi connectivity index (χ1v) is 13.3. The molecule has 9 nitrogen and oxygen atoms in total. The van der Waals surface area contributed by atoms with Crippen LogP contribution in [0.2, 0.25) is 0 Å². The van der Waals surface area contributed by atoms with E-state index >= 15 is 0 Å². The molecule has 3 aromatic carbocycles. The molecular weight excluding hydrogens is 508 g/mol. The minimum absolute atomic E-state index is 0.0889. The highest BCUT2D eigenvalue weighted by molar-refractivity contribution is 6.37. The van der Waals surface area contributed by atoms with Crippen molar-refractivity contribution >= 4 is 52.0 Å². The summed E-state index contributed by atoms with van der Waals surface area (Å²) < 4.78 is 0. The number of hydrogen-bond acceptors (Lipinski definition) is 5. The van der Waals surface area contributed by atoms with Crippen LogP contribution in [0.25, 0.3) is 11.3 Å². The number of amides is 3. The lowest BCUT2D eigenvalue weighted by Gasteiger charge is -2.22. The summed E-state index contributed by atoms with van der Waals surface area (Å²) in [4.78, 5) is 53.4. The van der Waals surface area contributed by atoms with Crippen molar-refractivity contribution in [1.82, 2.24) is 4.90 Å². The molecule has 0 saturated carbocycles. The number of carboxylic acids is 1. The third-order valence-electron chi connectivity index (χ3n) is 7.29. The van der Waals surface area contributed by atoms with Crippen LogP contribution in [0.15, 0.2) is 66.7 Å². The number of nitrogens with one attached hydrogen (secondary N) is 2. The van der Waals surface area contributed by atoms with E-state index in [9.17, 15) is 24.3 Å². The van der Waals surface area contributed by atoms with Gasteiger partial charge in [-0.2, -0.15) is 0 Å². The van der Waals surface area contributed by atoms with E-state index in [0.29, 0.717) is 48.6 Å². The molecule has 0 bridgehead atoms. The van der Waals surface area contributed by atoms with Crippen molar-refractivity contribution < 1.29 is 24.3 Å². The maximum atomic E-state index is 13.2. The number of nitrogens with zero attached hydrogens (tertiary/aromatic N) is 2. The van der Waals surface area contributed by atoms with E-state index in [-0.39, 0.29) is 29.7 Å². The zero-order chi connectivity index (χ0) is 28.4. The Morgan fingerprint density at radius 2 is 1.73 bits per heavy atom. The van der Waals surface area contributed by atoms with E-state index in [4.69, 9.17) is 0 Å². The number of carboxylic acid groups (broad SMARTS) is 1. The van der Waals surface area contributed by atoms with Crippen molar-refractivity contribution in [1.29, 1.82) is 0 Å². The van der Waals surface area contributed by atoms with Gasteiger partial charge in [0.15, 0.2) is 0 Å². The summed E-state index contributed by atoms with van der Waals surface area (Å²) >= 11 is 0. The molecule has 0 unspecified atom stereocenters. The van der Waals surface area contributed by atoms with Gasteiger partial charge >= 0.3 is 5.97 Å². The SMILES string of the molecule is CCN(CC)C(=O)CC(=O)N1CCc2cc(N/C(=C3\C(=O)Nc4cc(C(=O)O)ccc43)c3ccccc3)ccc21. The maximum Gasteiger partial charge on any atom is 0.335 e. The summed E-state index contributed by atoms with van der Waals surface area (Å²) in [5.74, 6) is -1.80. The van der Waals surface area contributed by atoms with E-state index in [1.165, 1.54) is 12.1 Å². The number of fused-ring (bicyclic) bond motifs is 2. The Balaban J connectivity index is 1.46. The highest BCUT2D eigenvalue weighted by Gasteiger charge is 2.30. The second-order valence-corrected chi connectivity index (χ2v) is 9.64. The average Bonchev–Trinajstić information content (AvgIpc) is 3.52. The highest BCUT2D eigenvalue weighted by Crippen LogP contribution is 2.39. The van der Waals surface area contributed by atoms with Crippen LogP contribution in [-0.2, 0) is 20.8 Å². The predicted molar refractivity (Wildman–Crippen MR) is 154 cm³/mol. The minimum Gasteiger partial charge on any atom is -0.478 e. The Labute approximate surface area is 232 Å². The molecule has 204 valence electrons. The topological polar surface area (TPSA) is 119 Å².